The Bertz CT molecular complexity index is 753. The lowest BCUT2D eigenvalue weighted by Crippen LogP contribution is -2.37. The van der Waals surface area contributed by atoms with Gasteiger partial charge in [-0.2, -0.15) is 0 Å². The van der Waals surface area contributed by atoms with E-state index in [-0.39, 0.29) is 11.3 Å². The first-order valence-electron chi connectivity index (χ1n) is 7.88. The minimum absolute atomic E-state index is 0.154. The topological polar surface area (TPSA) is 46.1 Å². The van der Waals surface area contributed by atoms with Crippen molar-refractivity contribution in [3.8, 4) is 0 Å². The Kier molecular flexibility index (Phi) is 2.89. The third kappa shape index (κ3) is 2.22. The van der Waals surface area contributed by atoms with E-state index < -0.39 is 0 Å². The number of nitrogens with zero attached hydrogens (tertiary/aromatic N) is 3. The highest BCUT2D eigenvalue weighted by atomic mass is 32.1. The van der Waals surface area contributed by atoms with Gasteiger partial charge in [0.15, 0.2) is 0 Å². The molecule has 1 aromatic heterocycles. The molecule has 1 saturated heterocycles. The number of carbonyl (C=O) groups is 1. The first-order chi connectivity index (χ1) is 10.4. The van der Waals surface area contributed by atoms with Crippen LogP contribution in [0.2, 0.25) is 0 Å². The Morgan fingerprint density at radius 3 is 2.95 bits per heavy atom. The number of hydrogen-bond acceptors (Lipinski definition) is 4. The van der Waals surface area contributed by atoms with Crippen LogP contribution in [-0.4, -0.2) is 33.0 Å². The van der Waals surface area contributed by atoms with Crippen LogP contribution in [-0.2, 0) is 0 Å². The Morgan fingerprint density at radius 2 is 2.14 bits per heavy atom. The maximum atomic E-state index is 13.0. The van der Waals surface area contributed by atoms with Crippen molar-refractivity contribution >= 4 is 27.7 Å². The summed E-state index contributed by atoms with van der Waals surface area (Å²) in [6.07, 6.45) is 3.45. The molecule has 2 aromatic rings. The van der Waals surface area contributed by atoms with Crippen LogP contribution in [0.15, 0.2) is 18.2 Å². The van der Waals surface area contributed by atoms with Crippen LogP contribution >= 0.6 is 11.5 Å². The molecule has 0 N–H and O–H groups in total. The average molecular weight is 315 g/mol. The van der Waals surface area contributed by atoms with E-state index in [0.29, 0.717) is 11.5 Å². The van der Waals surface area contributed by atoms with Crippen LogP contribution in [0.1, 0.15) is 50.4 Å². The van der Waals surface area contributed by atoms with Crippen LogP contribution in [0.5, 0.6) is 0 Å². The van der Waals surface area contributed by atoms with Crippen molar-refractivity contribution in [3.63, 3.8) is 0 Å². The molecule has 1 aliphatic heterocycles. The van der Waals surface area contributed by atoms with Gasteiger partial charge in [-0.3, -0.25) is 4.79 Å². The zero-order valence-corrected chi connectivity index (χ0v) is 14.1. The standard InChI is InChI=1S/C17H21N3OS/c1-16(2)7-12-8-17(3,9-16)10-20(12)15(21)11-4-5-14-13(6-11)18-19-22-14/h4-6,12H,7-10H2,1-3H3/t12-,17+/m0/s1. The summed E-state index contributed by atoms with van der Waals surface area (Å²) in [4.78, 5) is 15.1. The van der Waals surface area contributed by atoms with Gasteiger partial charge in [-0.15, -0.1) is 5.10 Å². The summed E-state index contributed by atoms with van der Waals surface area (Å²) in [6, 6.07) is 6.14. The van der Waals surface area contributed by atoms with Gasteiger partial charge in [-0.25, -0.2) is 0 Å². The number of aromatic nitrogens is 2. The normalized spacial score (nSPS) is 30.0. The molecule has 2 heterocycles. The molecule has 0 spiro atoms. The molecule has 1 aliphatic carbocycles. The Labute approximate surface area is 134 Å². The highest BCUT2D eigenvalue weighted by Crippen LogP contribution is 2.52. The fourth-order valence-electron chi connectivity index (χ4n) is 4.78. The summed E-state index contributed by atoms with van der Waals surface area (Å²) in [5.41, 5.74) is 2.17. The van der Waals surface area contributed by atoms with Crippen LogP contribution in [0.3, 0.4) is 0 Å². The van der Waals surface area contributed by atoms with Crippen molar-refractivity contribution in [2.75, 3.05) is 6.54 Å². The van der Waals surface area contributed by atoms with Crippen molar-refractivity contribution < 1.29 is 4.79 Å². The lowest BCUT2D eigenvalue weighted by atomic mass is 9.65. The molecule has 2 bridgehead atoms. The molecule has 2 aliphatic rings. The highest BCUT2D eigenvalue weighted by molar-refractivity contribution is 7.12. The zero-order valence-electron chi connectivity index (χ0n) is 13.3. The second kappa shape index (κ2) is 4.51. The smallest absolute Gasteiger partial charge is 0.254 e. The van der Waals surface area contributed by atoms with Crippen molar-refractivity contribution in [1.29, 1.82) is 0 Å². The van der Waals surface area contributed by atoms with E-state index in [1.807, 2.05) is 18.2 Å². The van der Waals surface area contributed by atoms with Crippen molar-refractivity contribution in [3.05, 3.63) is 23.8 Å². The van der Waals surface area contributed by atoms with E-state index in [0.717, 1.165) is 35.2 Å². The van der Waals surface area contributed by atoms with Gasteiger partial charge in [0.05, 0.1) is 4.70 Å². The number of likely N-dealkylation sites (tertiary alicyclic amines) is 1. The summed E-state index contributed by atoms with van der Waals surface area (Å²) in [7, 11) is 0. The fraction of sp³-hybridized carbons (Fsp3) is 0.588. The van der Waals surface area contributed by atoms with Crippen LogP contribution in [0, 0.1) is 10.8 Å². The van der Waals surface area contributed by atoms with Gasteiger partial charge < -0.3 is 4.90 Å². The van der Waals surface area contributed by atoms with Gasteiger partial charge in [0, 0.05) is 18.2 Å². The third-order valence-corrected chi connectivity index (χ3v) is 5.87. The predicted molar refractivity (Wildman–Crippen MR) is 88.0 cm³/mol. The summed E-state index contributed by atoms with van der Waals surface area (Å²) in [5.74, 6) is 0.154. The third-order valence-electron chi connectivity index (χ3n) is 5.17. The number of amides is 1. The van der Waals surface area contributed by atoms with Gasteiger partial charge in [-0.1, -0.05) is 25.3 Å². The van der Waals surface area contributed by atoms with E-state index in [9.17, 15) is 4.79 Å². The molecule has 2 atom stereocenters. The molecule has 116 valence electrons. The van der Waals surface area contributed by atoms with E-state index >= 15 is 0 Å². The van der Waals surface area contributed by atoms with Crippen LogP contribution < -0.4 is 0 Å². The monoisotopic (exact) mass is 315 g/mol. The van der Waals surface area contributed by atoms with Gasteiger partial charge in [0.25, 0.3) is 5.91 Å². The summed E-state index contributed by atoms with van der Waals surface area (Å²) in [5, 5.41) is 4.09. The number of fused-ring (bicyclic) bond motifs is 3. The van der Waals surface area contributed by atoms with Gasteiger partial charge in [-0.05, 0) is 59.8 Å². The van der Waals surface area contributed by atoms with Crippen LogP contribution in [0.4, 0.5) is 0 Å². The fourth-order valence-corrected chi connectivity index (χ4v) is 5.32. The van der Waals surface area contributed by atoms with E-state index in [2.05, 4.69) is 35.3 Å². The van der Waals surface area contributed by atoms with Gasteiger partial charge in [0.1, 0.15) is 5.52 Å². The molecule has 2 fully saturated rings. The minimum atomic E-state index is 0.154. The average Bonchev–Trinajstić information content (AvgIpc) is 2.97. The Balaban J connectivity index is 1.65. The summed E-state index contributed by atoms with van der Waals surface area (Å²) >= 11 is 1.37. The molecule has 0 radical (unpaired) electrons. The minimum Gasteiger partial charge on any atom is -0.335 e. The lowest BCUT2D eigenvalue weighted by molar-refractivity contribution is 0.0708. The van der Waals surface area contributed by atoms with Crippen LogP contribution in [0.25, 0.3) is 10.2 Å². The molecular formula is C17H21N3OS. The largest absolute Gasteiger partial charge is 0.335 e. The summed E-state index contributed by atoms with van der Waals surface area (Å²) in [6.45, 7) is 7.88. The van der Waals surface area contributed by atoms with E-state index in [1.54, 1.807) is 0 Å². The first kappa shape index (κ1) is 14.1. The SMILES string of the molecule is CC1(C)C[C@H]2C[C@@](C)(CN2C(=O)c2ccc3snnc3c2)C1. The number of carbonyl (C=O) groups excluding carboxylic acids is 1. The van der Waals surface area contributed by atoms with Gasteiger partial charge in [0.2, 0.25) is 0 Å². The molecular weight excluding hydrogens is 294 g/mol. The number of benzene rings is 1. The highest BCUT2D eigenvalue weighted by Gasteiger charge is 2.51. The zero-order chi connectivity index (χ0) is 15.5. The quantitative estimate of drug-likeness (QED) is 0.805. The maximum absolute atomic E-state index is 13.0. The molecule has 1 aromatic carbocycles. The Morgan fingerprint density at radius 1 is 1.32 bits per heavy atom. The number of hydrogen-bond donors (Lipinski definition) is 0. The molecule has 0 unspecified atom stereocenters. The molecule has 5 heteroatoms. The van der Waals surface area contributed by atoms with E-state index in [4.69, 9.17) is 0 Å². The predicted octanol–water partition coefficient (Wildman–Crippen LogP) is 3.73. The number of rotatable bonds is 1. The molecule has 4 nitrogen and oxygen atoms in total. The first-order valence-corrected chi connectivity index (χ1v) is 8.66. The maximum Gasteiger partial charge on any atom is 0.254 e. The van der Waals surface area contributed by atoms with Crippen molar-refractivity contribution in [2.45, 2.75) is 46.1 Å². The summed E-state index contributed by atoms with van der Waals surface area (Å²) < 4.78 is 4.98. The molecule has 1 amide bonds. The van der Waals surface area contributed by atoms with Crippen molar-refractivity contribution in [2.24, 2.45) is 10.8 Å². The van der Waals surface area contributed by atoms with Gasteiger partial charge >= 0.3 is 0 Å². The van der Waals surface area contributed by atoms with E-state index in [1.165, 1.54) is 18.0 Å². The molecule has 22 heavy (non-hydrogen) atoms. The second-order valence-electron chi connectivity index (χ2n) is 8.10. The molecule has 1 saturated carbocycles. The molecule has 4 rings (SSSR count). The second-order valence-corrected chi connectivity index (χ2v) is 8.89. The lowest BCUT2D eigenvalue weighted by Gasteiger charge is -2.39. The van der Waals surface area contributed by atoms with Crippen molar-refractivity contribution in [1.82, 2.24) is 14.5 Å². The Hall–Kier alpha value is -1.49.